The number of piperidine rings is 1. The number of aliphatic hydroxyl groups is 1. The van der Waals surface area contributed by atoms with Crippen LogP contribution in [0.15, 0.2) is 53.3 Å². The van der Waals surface area contributed by atoms with E-state index in [0.29, 0.717) is 48.1 Å². The number of nitrogens with one attached hydrogen (secondary N) is 3. The summed E-state index contributed by atoms with van der Waals surface area (Å²) >= 11 is 0. The number of aromatic hydroxyl groups is 1. The number of likely N-dealkylation sites (tertiary alicyclic amines) is 1. The van der Waals surface area contributed by atoms with E-state index in [1.165, 1.54) is 12.1 Å². The number of aromatic nitrogens is 1. The zero-order chi connectivity index (χ0) is 25.5. The Kier molecular flexibility index (Phi) is 8.33. The molecule has 9 nitrogen and oxygen atoms in total. The second kappa shape index (κ2) is 11.8. The molecule has 4 rings (SSSR count). The molecule has 5 N–H and O–H groups in total. The van der Waals surface area contributed by atoms with Gasteiger partial charge in [-0.05, 0) is 61.3 Å². The molecule has 2 aromatic carbocycles. The molecule has 1 aromatic heterocycles. The molecule has 0 radical (unpaired) electrons. The van der Waals surface area contributed by atoms with E-state index in [0.717, 1.165) is 31.5 Å². The number of carbonyl (C=O) groups is 1. The highest BCUT2D eigenvalue weighted by Gasteiger charge is 2.21. The number of rotatable bonds is 9. The van der Waals surface area contributed by atoms with Gasteiger partial charge in [0.1, 0.15) is 5.75 Å². The maximum Gasteiger partial charge on any atom is 0.248 e. The molecule has 0 saturated carbocycles. The largest absolute Gasteiger partial charge is 0.506 e. The van der Waals surface area contributed by atoms with Gasteiger partial charge in [-0.25, -0.2) is 0 Å². The van der Waals surface area contributed by atoms with Crippen LogP contribution in [0.4, 0.5) is 0 Å². The standard InChI is InChI=1S/C27H31N5O4/c28-15-18-1-3-19(4-2-18)16-30-25(35)11-14-32-12-9-20(10-13-32)29-17-24(34)21-5-7-23(33)27-22(21)6-8-26(36)31-27/h1-8,20,24,29,33-34H,9-14,16-17H2,(H,30,35)(H,31,36)/t24-/m1/s1. The van der Waals surface area contributed by atoms with Gasteiger partial charge in [0, 0.05) is 43.5 Å². The van der Waals surface area contributed by atoms with Crippen LogP contribution < -0.4 is 16.2 Å². The molecule has 0 unspecified atom stereocenters. The number of H-pyrrole nitrogens is 1. The van der Waals surface area contributed by atoms with Crippen LogP contribution in [-0.2, 0) is 11.3 Å². The first-order valence-electron chi connectivity index (χ1n) is 12.2. The number of amides is 1. The van der Waals surface area contributed by atoms with Crippen LogP contribution in [0.2, 0.25) is 0 Å². The molecular formula is C27H31N5O4. The average Bonchev–Trinajstić information content (AvgIpc) is 2.90. The molecule has 0 aliphatic carbocycles. The van der Waals surface area contributed by atoms with Gasteiger partial charge < -0.3 is 30.7 Å². The number of fused-ring (bicyclic) bond motifs is 1. The highest BCUT2D eigenvalue weighted by Crippen LogP contribution is 2.28. The van der Waals surface area contributed by atoms with Crippen molar-refractivity contribution in [3.63, 3.8) is 0 Å². The van der Waals surface area contributed by atoms with Gasteiger partial charge in [0.2, 0.25) is 11.5 Å². The molecule has 0 spiro atoms. The van der Waals surface area contributed by atoms with Gasteiger partial charge in [0.05, 0.1) is 23.3 Å². The summed E-state index contributed by atoms with van der Waals surface area (Å²) < 4.78 is 0. The van der Waals surface area contributed by atoms with E-state index >= 15 is 0 Å². The van der Waals surface area contributed by atoms with Crippen LogP contribution in [0.5, 0.6) is 5.75 Å². The quantitative estimate of drug-likeness (QED) is 0.309. The smallest absolute Gasteiger partial charge is 0.248 e. The van der Waals surface area contributed by atoms with Crippen LogP contribution >= 0.6 is 0 Å². The number of aliphatic hydroxyl groups excluding tert-OH is 1. The summed E-state index contributed by atoms with van der Waals surface area (Å²) in [6.45, 7) is 3.26. The third-order valence-electron chi connectivity index (χ3n) is 6.68. The first kappa shape index (κ1) is 25.4. The number of benzene rings is 2. The lowest BCUT2D eigenvalue weighted by Gasteiger charge is -2.32. The third kappa shape index (κ3) is 6.49. The Labute approximate surface area is 209 Å². The average molecular weight is 490 g/mol. The SMILES string of the molecule is N#Cc1ccc(CNC(=O)CCN2CCC(NC[C@@H](O)c3ccc(O)c4[nH]c(=O)ccc34)CC2)cc1. The van der Waals surface area contributed by atoms with Crippen LogP contribution in [0.1, 0.15) is 42.1 Å². The van der Waals surface area contributed by atoms with Gasteiger partial charge in [-0.3, -0.25) is 9.59 Å². The minimum Gasteiger partial charge on any atom is -0.506 e. The summed E-state index contributed by atoms with van der Waals surface area (Å²) in [4.78, 5) is 28.7. The van der Waals surface area contributed by atoms with Crippen LogP contribution in [0.3, 0.4) is 0 Å². The number of pyridine rings is 1. The Balaban J connectivity index is 1.17. The first-order valence-corrected chi connectivity index (χ1v) is 12.2. The summed E-state index contributed by atoms with van der Waals surface area (Å²) in [5.74, 6) is -0.0212. The van der Waals surface area contributed by atoms with E-state index in [-0.39, 0.29) is 23.3 Å². The summed E-state index contributed by atoms with van der Waals surface area (Å²) in [6.07, 6.45) is 1.49. The lowest BCUT2D eigenvalue weighted by molar-refractivity contribution is -0.121. The number of nitrogens with zero attached hydrogens (tertiary/aromatic N) is 2. The highest BCUT2D eigenvalue weighted by molar-refractivity contribution is 5.87. The molecule has 3 aromatic rings. The zero-order valence-corrected chi connectivity index (χ0v) is 20.0. The van der Waals surface area contributed by atoms with Crippen molar-refractivity contribution in [2.45, 2.75) is 38.0 Å². The molecule has 1 atom stereocenters. The molecule has 188 valence electrons. The van der Waals surface area contributed by atoms with Crippen molar-refractivity contribution < 1.29 is 15.0 Å². The molecule has 1 saturated heterocycles. The predicted molar refractivity (Wildman–Crippen MR) is 136 cm³/mol. The second-order valence-corrected chi connectivity index (χ2v) is 9.16. The molecule has 1 aliphatic heterocycles. The Hall–Kier alpha value is -3.71. The van der Waals surface area contributed by atoms with Crippen molar-refractivity contribution in [1.82, 2.24) is 20.5 Å². The first-order chi connectivity index (χ1) is 17.4. The van der Waals surface area contributed by atoms with E-state index in [4.69, 9.17) is 5.26 Å². The van der Waals surface area contributed by atoms with Gasteiger partial charge in [-0.15, -0.1) is 0 Å². The maximum atomic E-state index is 12.2. The fraction of sp³-hybridized carbons (Fsp3) is 0.370. The van der Waals surface area contributed by atoms with E-state index in [2.05, 4.69) is 26.6 Å². The van der Waals surface area contributed by atoms with Crippen molar-refractivity contribution in [3.8, 4) is 11.8 Å². The van der Waals surface area contributed by atoms with Crippen molar-refractivity contribution in [1.29, 1.82) is 5.26 Å². The third-order valence-corrected chi connectivity index (χ3v) is 6.68. The summed E-state index contributed by atoms with van der Waals surface area (Å²) in [5, 5.41) is 36.6. The molecule has 36 heavy (non-hydrogen) atoms. The fourth-order valence-electron chi connectivity index (χ4n) is 4.54. The van der Waals surface area contributed by atoms with E-state index < -0.39 is 6.10 Å². The number of phenols is 1. The highest BCUT2D eigenvalue weighted by atomic mass is 16.3. The Morgan fingerprint density at radius 2 is 1.89 bits per heavy atom. The molecule has 2 heterocycles. The van der Waals surface area contributed by atoms with Crippen LogP contribution in [0, 0.1) is 11.3 Å². The summed E-state index contributed by atoms with van der Waals surface area (Å²) in [6, 6.07) is 15.7. The maximum absolute atomic E-state index is 12.2. The lowest BCUT2D eigenvalue weighted by Crippen LogP contribution is -2.44. The minimum atomic E-state index is -0.781. The van der Waals surface area contributed by atoms with Gasteiger partial charge >= 0.3 is 0 Å². The Bertz CT molecular complexity index is 1290. The number of phenolic OH excluding ortho intramolecular Hbond substituents is 1. The monoisotopic (exact) mass is 489 g/mol. The van der Waals surface area contributed by atoms with Crippen molar-refractivity contribution in [2.75, 3.05) is 26.2 Å². The predicted octanol–water partition coefficient (Wildman–Crippen LogP) is 1.90. The van der Waals surface area contributed by atoms with Gasteiger partial charge in [-0.2, -0.15) is 5.26 Å². The fourth-order valence-corrected chi connectivity index (χ4v) is 4.54. The van der Waals surface area contributed by atoms with Gasteiger partial charge in [0.15, 0.2) is 0 Å². The Morgan fingerprint density at radius 1 is 1.14 bits per heavy atom. The van der Waals surface area contributed by atoms with Crippen molar-refractivity contribution >= 4 is 16.8 Å². The topological polar surface area (TPSA) is 141 Å². The van der Waals surface area contributed by atoms with Crippen LogP contribution in [0.25, 0.3) is 10.9 Å². The lowest BCUT2D eigenvalue weighted by atomic mass is 10.0. The number of nitriles is 1. The molecule has 0 bridgehead atoms. The molecule has 9 heteroatoms. The van der Waals surface area contributed by atoms with E-state index in [9.17, 15) is 19.8 Å². The van der Waals surface area contributed by atoms with Crippen molar-refractivity contribution in [3.05, 3.63) is 75.6 Å². The normalized spacial score (nSPS) is 15.4. The number of aromatic amines is 1. The molecule has 1 fully saturated rings. The molecule has 1 aliphatic rings. The zero-order valence-electron chi connectivity index (χ0n) is 20.0. The second-order valence-electron chi connectivity index (χ2n) is 9.16. The summed E-state index contributed by atoms with van der Waals surface area (Å²) in [5.41, 5.74) is 2.23. The molecular weight excluding hydrogens is 458 g/mol. The van der Waals surface area contributed by atoms with Crippen LogP contribution in [-0.4, -0.2) is 58.2 Å². The molecule has 1 amide bonds. The minimum absolute atomic E-state index is 0.00481. The number of carbonyl (C=O) groups excluding carboxylic acids is 1. The van der Waals surface area contributed by atoms with E-state index in [1.807, 2.05) is 12.1 Å². The number of hydrogen-bond acceptors (Lipinski definition) is 7. The number of hydrogen-bond donors (Lipinski definition) is 5. The summed E-state index contributed by atoms with van der Waals surface area (Å²) in [7, 11) is 0. The Morgan fingerprint density at radius 3 is 2.61 bits per heavy atom. The van der Waals surface area contributed by atoms with Crippen molar-refractivity contribution in [2.24, 2.45) is 0 Å². The van der Waals surface area contributed by atoms with E-state index in [1.54, 1.807) is 24.3 Å². The van der Waals surface area contributed by atoms with Gasteiger partial charge in [-0.1, -0.05) is 18.2 Å². The van der Waals surface area contributed by atoms with Gasteiger partial charge in [0.25, 0.3) is 0 Å².